The highest BCUT2D eigenvalue weighted by molar-refractivity contribution is 9.10. The molecule has 2 unspecified atom stereocenters. The maximum Gasteiger partial charge on any atom is 0.166 e. The maximum absolute atomic E-state index is 14.6. The molecule has 0 spiro atoms. The van der Waals surface area contributed by atoms with E-state index < -0.39 is 5.82 Å². The van der Waals surface area contributed by atoms with Crippen molar-refractivity contribution in [2.24, 2.45) is 17.8 Å². The Balaban J connectivity index is 0.00000259. The maximum atomic E-state index is 14.6. The van der Waals surface area contributed by atoms with Crippen molar-refractivity contribution in [2.45, 2.75) is 12.8 Å². The molecule has 3 aromatic rings. The third-order valence-electron chi connectivity index (χ3n) is 6.44. The fourth-order valence-corrected chi connectivity index (χ4v) is 5.29. The van der Waals surface area contributed by atoms with Crippen molar-refractivity contribution in [1.29, 1.82) is 0 Å². The third-order valence-corrected chi connectivity index (χ3v) is 7.69. The van der Waals surface area contributed by atoms with Crippen LogP contribution in [0.1, 0.15) is 12.8 Å². The van der Waals surface area contributed by atoms with Crippen LogP contribution in [0.15, 0.2) is 35.1 Å². The van der Waals surface area contributed by atoms with Crippen molar-refractivity contribution >= 4 is 62.3 Å². The van der Waals surface area contributed by atoms with Crippen LogP contribution < -0.4 is 20.1 Å². The molecule has 6 nitrogen and oxygen atoms in total. The fraction of sp³-hybridized carbons (Fsp3) is 0.391. The molecule has 10 heteroatoms. The van der Waals surface area contributed by atoms with E-state index in [-0.39, 0.29) is 23.1 Å². The van der Waals surface area contributed by atoms with Gasteiger partial charge in [-0.05, 0) is 77.8 Å². The van der Waals surface area contributed by atoms with Gasteiger partial charge in [0, 0.05) is 15.9 Å². The number of anilines is 2. The van der Waals surface area contributed by atoms with E-state index >= 15 is 0 Å². The summed E-state index contributed by atoms with van der Waals surface area (Å²) in [5, 5.41) is 7.19. The normalized spacial score (nSPS) is 21.5. The molecule has 0 radical (unpaired) electrons. The van der Waals surface area contributed by atoms with Crippen molar-refractivity contribution in [3.63, 3.8) is 0 Å². The highest BCUT2D eigenvalue weighted by Gasteiger charge is 2.37. The zero-order valence-electron chi connectivity index (χ0n) is 17.9. The molecule has 1 saturated heterocycles. The van der Waals surface area contributed by atoms with Crippen LogP contribution in [0.2, 0.25) is 5.02 Å². The minimum Gasteiger partial charge on any atom is -0.493 e. The van der Waals surface area contributed by atoms with Crippen LogP contribution in [-0.2, 0) is 0 Å². The largest absolute Gasteiger partial charge is 0.493 e. The molecule has 3 atom stereocenters. The van der Waals surface area contributed by atoms with Crippen molar-refractivity contribution < 1.29 is 13.9 Å². The van der Waals surface area contributed by atoms with Gasteiger partial charge in [-0.1, -0.05) is 11.6 Å². The van der Waals surface area contributed by atoms with Gasteiger partial charge in [0.15, 0.2) is 17.3 Å². The van der Waals surface area contributed by atoms with Crippen LogP contribution in [0.25, 0.3) is 10.9 Å². The molecule has 2 aromatic carbocycles. The Morgan fingerprint density at radius 2 is 1.94 bits per heavy atom. The molecule has 1 aliphatic carbocycles. The molecular weight excluding hydrogens is 534 g/mol. The molecule has 2 N–H and O–H groups in total. The van der Waals surface area contributed by atoms with E-state index in [0.717, 1.165) is 24.9 Å². The number of benzene rings is 2. The van der Waals surface area contributed by atoms with Crippen molar-refractivity contribution in [3.05, 3.63) is 45.9 Å². The first-order valence-electron chi connectivity index (χ1n) is 10.6. The Morgan fingerprint density at radius 3 is 2.67 bits per heavy atom. The summed E-state index contributed by atoms with van der Waals surface area (Å²) in [6.45, 7) is 2.91. The number of fused-ring (bicyclic) bond motifs is 2. The first-order chi connectivity index (χ1) is 15.5. The summed E-state index contributed by atoms with van der Waals surface area (Å²) in [4.78, 5) is 8.67. The lowest BCUT2D eigenvalue weighted by atomic mass is 10.0. The fourth-order valence-electron chi connectivity index (χ4n) is 4.82. The number of methoxy groups -OCH3 is 1. The monoisotopic (exact) mass is 556 g/mol. The summed E-state index contributed by atoms with van der Waals surface area (Å²) in [5.41, 5.74) is 0.896. The van der Waals surface area contributed by atoms with Crippen LogP contribution in [0.4, 0.5) is 15.9 Å². The molecule has 0 amide bonds. The number of ether oxygens (including phenoxy) is 2. The predicted molar refractivity (Wildman–Crippen MR) is 134 cm³/mol. The number of hydrogen-bond donors (Lipinski definition) is 2. The van der Waals surface area contributed by atoms with Crippen LogP contribution in [0, 0.1) is 23.6 Å². The number of halogens is 4. The Hall–Kier alpha value is -1.87. The molecule has 1 saturated carbocycles. The lowest BCUT2D eigenvalue weighted by molar-refractivity contribution is 0.234. The summed E-state index contributed by atoms with van der Waals surface area (Å²) >= 11 is 9.25. The first-order valence-corrected chi connectivity index (χ1v) is 11.8. The standard InChI is InChI=1S/C23H23BrClFN4O2.ClH/c1-31-19-6-15-18(7-20(19)32-10-12-4-13-8-27-9-14(13)5-12)28-11-29-23(15)30-17-3-2-16(24)21(25)22(17)26;/h2-3,6-7,11-14,27H,4-5,8-10H2,1H3,(H,28,29,30);1H/t12?,13-,14?;/m1./s1. The number of nitrogens with one attached hydrogen (secondary N) is 2. The SMILES string of the molecule is COc1cc2c(Nc3ccc(Br)c(Cl)c3F)ncnc2cc1OCC1CC2CNC[C@H]2C1.Cl. The summed E-state index contributed by atoms with van der Waals surface area (Å²) in [6.07, 6.45) is 3.83. The lowest BCUT2D eigenvalue weighted by Gasteiger charge is -2.17. The Labute approximate surface area is 211 Å². The molecule has 5 rings (SSSR count). The molecule has 2 fully saturated rings. The summed E-state index contributed by atoms with van der Waals surface area (Å²) in [6, 6.07) is 6.94. The second-order valence-corrected chi connectivity index (χ2v) is 9.65. The number of aromatic nitrogens is 2. The number of rotatable bonds is 6. The molecular formula is C23H24BrCl2FN4O2. The van der Waals surface area contributed by atoms with Gasteiger partial charge in [-0.2, -0.15) is 0 Å². The molecule has 2 aliphatic rings. The first kappa shape index (κ1) is 24.3. The minimum atomic E-state index is -0.559. The van der Waals surface area contributed by atoms with Crippen molar-refractivity contribution in [3.8, 4) is 11.5 Å². The van der Waals surface area contributed by atoms with Crippen LogP contribution >= 0.6 is 39.9 Å². The lowest BCUT2D eigenvalue weighted by Crippen LogP contribution is -2.15. The molecule has 1 aliphatic heterocycles. The van der Waals surface area contributed by atoms with E-state index in [1.165, 1.54) is 19.2 Å². The van der Waals surface area contributed by atoms with Crippen molar-refractivity contribution in [2.75, 3.05) is 32.1 Å². The molecule has 1 aromatic heterocycles. The zero-order chi connectivity index (χ0) is 22.2. The van der Waals surface area contributed by atoms with Crippen LogP contribution in [-0.4, -0.2) is 36.8 Å². The van der Waals surface area contributed by atoms with E-state index in [2.05, 4.69) is 36.5 Å². The van der Waals surface area contributed by atoms with Gasteiger partial charge in [0.2, 0.25) is 0 Å². The van der Waals surface area contributed by atoms with Crippen LogP contribution in [0.5, 0.6) is 11.5 Å². The minimum absolute atomic E-state index is 0. The Bertz CT molecular complexity index is 1160. The van der Waals surface area contributed by atoms with Gasteiger partial charge >= 0.3 is 0 Å². The summed E-state index contributed by atoms with van der Waals surface area (Å²) in [5.74, 6) is 3.24. The van der Waals surface area contributed by atoms with Gasteiger partial charge < -0.3 is 20.1 Å². The second kappa shape index (κ2) is 10.2. The van der Waals surface area contributed by atoms with E-state index in [1.807, 2.05) is 12.1 Å². The summed E-state index contributed by atoms with van der Waals surface area (Å²) in [7, 11) is 1.60. The second-order valence-electron chi connectivity index (χ2n) is 8.42. The quantitative estimate of drug-likeness (QED) is 0.363. The Kier molecular flexibility index (Phi) is 7.48. The summed E-state index contributed by atoms with van der Waals surface area (Å²) < 4.78 is 26.8. The van der Waals surface area contributed by atoms with Gasteiger partial charge in [-0.15, -0.1) is 12.4 Å². The molecule has 0 bridgehead atoms. The Morgan fingerprint density at radius 1 is 1.18 bits per heavy atom. The number of nitrogens with zero attached hydrogens (tertiary/aromatic N) is 2. The van der Waals surface area contributed by atoms with Gasteiger partial charge in [-0.3, -0.25) is 0 Å². The molecule has 2 heterocycles. The van der Waals surface area contributed by atoms with Gasteiger partial charge in [0.1, 0.15) is 12.1 Å². The van der Waals surface area contributed by atoms with Crippen LogP contribution in [0.3, 0.4) is 0 Å². The molecule has 176 valence electrons. The highest BCUT2D eigenvalue weighted by atomic mass is 79.9. The van der Waals surface area contributed by atoms with Gasteiger partial charge in [0.05, 0.1) is 29.9 Å². The highest BCUT2D eigenvalue weighted by Crippen LogP contribution is 2.40. The van der Waals surface area contributed by atoms with E-state index in [9.17, 15) is 4.39 Å². The zero-order valence-corrected chi connectivity index (χ0v) is 21.1. The molecule has 33 heavy (non-hydrogen) atoms. The van der Waals surface area contributed by atoms with E-state index in [4.69, 9.17) is 21.1 Å². The van der Waals surface area contributed by atoms with Crippen molar-refractivity contribution in [1.82, 2.24) is 15.3 Å². The van der Waals surface area contributed by atoms with Gasteiger partial charge in [0.25, 0.3) is 0 Å². The predicted octanol–water partition coefficient (Wildman–Crippen LogP) is 5.98. The topological polar surface area (TPSA) is 68.3 Å². The van der Waals surface area contributed by atoms with E-state index in [1.54, 1.807) is 19.2 Å². The number of hydrogen-bond acceptors (Lipinski definition) is 6. The van der Waals surface area contributed by atoms with Gasteiger partial charge in [-0.25, -0.2) is 14.4 Å². The smallest absolute Gasteiger partial charge is 0.166 e. The third kappa shape index (κ3) is 4.85. The average Bonchev–Trinajstić information content (AvgIpc) is 3.39. The van der Waals surface area contributed by atoms with E-state index in [0.29, 0.717) is 45.2 Å². The average molecular weight is 558 g/mol.